The molecule has 1 saturated heterocycles. The summed E-state index contributed by atoms with van der Waals surface area (Å²) in [5.41, 5.74) is 6.66. The molecule has 0 aliphatic carbocycles. The Labute approximate surface area is 125 Å². The highest BCUT2D eigenvalue weighted by molar-refractivity contribution is 7.80. The molecule has 1 aliphatic rings. The van der Waals surface area contributed by atoms with E-state index >= 15 is 0 Å². The fourth-order valence-electron chi connectivity index (χ4n) is 2.43. The third-order valence-corrected chi connectivity index (χ3v) is 3.56. The van der Waals surface area contributed by atoms with Crippen LogP contribution in [0.5, 0.6) is 0 Å². The Balaban J connectivity index is 1.92. The smallest absolute Gasteiger partial charge is 0.122 e. The van der Waals surface area contributed by atoms with Gasteiger partial charge in [0.15, 0.2) is 0 Å². The minimum Gasteiger partial charge on any atom is -0.389 e. The number of rotatable bonds is 4. The summed E-state index contributed by atoms with van der Waals surface area (Å²) in [6.45, 7) is 8.16. The van der Waals surface area contributed by atoms with Gasteiger partial charge >= 0.3 is 0 Å². The van der Waals surface area contributed by atoms with Gasteiger partial charge in [-0.05, 0) is 26.0 Å². The third kappa shape index (κ3) is 4.13. The molecule has 0 aromatic carbocycles. The normalized spacial score (nSPS) is 17.2. The van der Waals surface area contributed by atoms with Crippen molar-refractivity contribution in [2.75, 3.05) is 37.6 Å². The largest absolute Gasteiger partial charge is 0.389 e. The van der Waals surface area contributed by atoms with E-state index in [-0.39, 0.29) is 0 Å². The fourth-order valence-corrected chi connectivity index (χ4v) is 2.55. The van der Waals surface area contributed by atoms with Gasteiger partial charge in [-0.3, -0.25) is 9.88 Å². The molecule has 0 atom stereocenters. The maximum absolute atomic E-state index is 9.85. The first kappa shape index (κ1) is 15.2. The highest BCUT2D eigenvalue weighted by Gasteiger charge is 2.22. The number of β-amino-alcohol motifs (C(OH)–C–C–N with tert-alkyl or cyclic N) is 1. The van der Waals surface area contributed by atoms with Gasteiger partial charge in [0.05, 0.1) is 23.2 Å². The van der Waals surface area contributed by atoms with Crippen molar-refractivity contribution in [1.29, 1.82) is 0 Å². The molecule has 2 rings (SSSR count). The molecule has 0 unspecified atom stereocenters. The number of piperazine rings is 1. The number of anilines is 1. The highest BCUT2D eigenvalue weighted by atomic mass is 32.1. The van der Waals surface area contributed by atoms with Crippen molar-refractivity contribution in [3.63, 3.8) is 0 Å². The van der Waals surface area contributed by atoms with Crippen molar-refractivity contribution in [3.8, 4) is 0 Å². The minimum absolute atomic E-state index is 0.326. The van der Waals surface area contributed by atoms with E-state index < -0.39 is 5.60 Å². The van der Waals surface area contributed by atoms with Crippen LogP contribution in [-0.2, 0) is 0 Å². The number of pyridine rings is 1. The van der Waals surface area contributed by atoms with Gasteiger partial charge in [0.25, 0.3) is 0 Å². The second-order valence-corrected chi connectivity index (χ2v) is 6.28. The third-order valence-electron chi connectivity index (χ3n) is 3.35. The van der Waals surface area contributed by atoms with Crippen LogP contribution in [-0.4, -0.2) is 58.3 Å². The van der Waals surface area contributed by atoms with E-state index in [0.29, 0.717) is 17.2 Å². The fraction of sp³-hybridized carbons (Fsp3) is 0.571. The Kier molecular flexibility index (Phi) is 4.57. The summed E-state index contributed by atoms with van der Waals surface area (Å²) in [5.74, 6) is 0. The number of aliphatic hydroxyl groups is 1. The van der Waals surface area contributed by atoms with Crippen molar-refractivity contribution in [2.45, 2.75) is 19.4 Å². The van der Waals surface area contributed by atoms with Crippen molar-refractivity contribution < 1.29 is 5.11 Å². The Hall–Kier alpha value is -1.24. The number of nitrogens with two attached hydrogens (primary N) is 1. The van der Waals surface area contributed by atoms with Crippen molar-refractivity contribution >= 4 is 22.9 Å². The first-order valence-corrected chi connectivity index (χ1v) is 7.21. The van der Waals surface area contributed by atoms with Gasteiger partial charge in [-0.1, -0.05) is 12.2 Å². The van der Waals surface area contributed by atoms with Gasteiger partial charge in [-0.25, -0.2) is 0 Å². The number of thiocarbonyl (C=S) groups is 1. The van der Waals surface area contributed by atoms with E-state index in [4.69, 9.17) is 18.0 Å². The number of hydrogen-bond donors (Lipinski definition) is 2. The Bertz CT molecular complexity index is 461. The number of nitrogens with zero attached hydrogens (tertiary/aromatic N) is 3. The number of aromatic nitrogens is 1. The summed E-state index contributed by atoms with van der Waals surface area (Å²) in [4.78, 5) is 9.17. The van der Waals surface area contributed by atoms with Gasteiger partial charge in [-0.2, -0.15) is 0 Å². The average molecular weight is 294 g/mol. The lowest BCUT2D eigenvalue weighted by atomic mass is 10.1. The molecule has 5 nitrogen and oxygen atoms in total. The predicted octanol–water partition coefficient (Wildman–Crippen LogP) is 0.609. The average Bonchev–Trinajstić information content (AvgIpc) is 2.38. The Morgan fingerprint density at radius 2 is 2.00 bits per heavy atom. The van der Waals surface area contributed by atoms with E-state index in [1.165, 1.54) is 0 Å². The second kappa shape index (κ2) is 6.03. The van der Waals surface area contributed by atoms with E-state index in [1.54, 1.807) is 0 Å². The molecule has 110 valence electrons. The molecule has 0 bridgehead atoms. The molecular formula is C14H22N4OS. The van der Waals surface area contributed by atoms with Gasteiger partial charge in [-0.15, -0.1) is 0 Å². The van der Waals surface area contributed by atoms with Crippen LogP contribution in [0.1, 0.15) is 19.5 Å². The van der Waals surface area contributed by atoms with Crippen molar-refractivity contribution in [3.05, 3.63) is 24.0 Å². The molecule has 20 heavy (non-hydrogen) atoms. The molecule has 1 aliphatic heterocycles. The zero-order chi connectivity index (χ0) is 14.8. The molecule has 3 N–H and O–H groups in total. The van der Waals surface area contributed by atoms with E-state index in [2.05, 4.69) is 14.8 Å². The molecule has 6 heteroatoms. The summed E-state index contributed by atoms with van der Waals surface area (Å²) in [7, 11) is 0. The standard InChI is InChI=1S/C14H22N4OS/c1-14(2,19)10-17-5-7-18(8-6-17)11-3-4-12(13(15)20)16-9-11/h3-4,9,19H,5-8,10H2,1-2H3,(H2,15,20). The van der Waals surface area contributed by atoms with Crippen LogP contribution in [0.2, 0.25) is 0 Å². The maximum atomic E-state index is 9.85. The van der Waals surface area contributed by atoms with Crippen molar-refractivity contribution in [1.82, 2.24) is 9.88 Å². The molecular weight excluding hydrogens is 272 g/mol. The molecule has 0 saturated carbocycles. The van der Waals surface area contributed by atoms with Crippen molar-refractivity contribution in [2.24, 2.45) is 5.73 Å². The molecule has 2 heterocycles. The predicted molar refractivity (Wildman–Crippen MR) is 85.1 cm³/mol. The lowest BCUT2D eigenvalue weighted by Crippen LogP contribution is -2.50. The molecule has 1 aromatic rings. The zero-order valence-electron chi connectivity index (χ0n) is 12.0. The summed E-state index contributed by atoms with van der Waals surface area (Å²) in [6.07, 6.45) is 1.82. The van der Waals surface area contributed by atoms with Gasteiger partial charge in [0.2, 0.25) is 0 Å². The van der Waals surface area contributed by atoms with Gasteiger partial charge in [0.1, 0.15) is 4.99 Å². The van der Waals surface area contributed by atoms with Gasteiger partial charge in [0, 0.05) is 32.7 Å². The highest BCUT2D eigenvalue weighted by Crippen LogP contribution is 2.16. The van der Waals surface area contributed by atoms with Crippen LogP contribution < -0.4 is 10.6 Å². The second-order valence-electron chi connectivity index (χ2n) is 5.84. The molecule has 0 spiro atoms. The summed E-state index contributed by atoms with van der Waals surface area (Å²) >= 11 is 4.90. The molecule has 1 fully saturated rings. The minimum atomic E-state index is -0.637. The van der Waals surface area contributed by atoms with Crippen LogP contribution >= 0.6 is 12.2 Å². The monoisotopic (exact) mass is 294 g/mol. The summed E-state index contributed by atoms with van der Waals surface area (Å²) in [5, 5.41) is 9.85. The topological polar surface area (TPSA) is 65.6 Å². The van der Waals surface area contributed by atoms with Crippen LogP contribution in [0, 0.1) is 0 Å². The quantitative estimate of drug-likeness (QED) is 0.793. The summed E-state index contributed by atoms with van der Waals surface area (Å²) in [6, 6.07) is 3.87. The first-order valence-electron chi connectivity index (χ1n) is 6.81. The van der Waals surface area contributed by atoms with Crippen LogP contribution in [0.3, 0.4) is 0 Å². The Morgan fingerprint density at radius 3 is 2.45 bits per heavy atom. The van der Waals surface area contributed by atoms with Crippen LogP contribution in [0.25, 0.3) is 0 Å². The van der Waals surface area contributed by atoms with E-state index in [0.717, 1.165) is 31.9 Å². The molecule has 1 aromatic heterocycles. The summed E-state index contributed by atoms with van der Waals surface area (Å²) < 4.78 is 0. The van der Waals surface area contributed by atoms with E-state index in [1.807, 2.05) is 32.2 Å². The van der Waals surface area contributed by atoms with Crippen LogP contribution in [0.4, 0.5) is 5.69 Å². The molecule has 0 amide bonds. The van der Waals surface area contributed by atoms with E-state index in [9.17, 15) is 5.11 Å². The van der Waals surface area contributed by atoms with Crippen LogP contribution in [0.15, 0.2) is 18.3 Å². The first-order chi connectivity index (χ1) is 9.35. The Morgan fingerprint density at radius 1 is 1.35 bits per heavy atom. The lowest BCUT2D eigenvalue weighted by Gasteiger charge is -2.38. The number of hydrogen-bond acceptors (Lipinski definition) is 5. The maximum Gasteiger partial charge on any atom is 0.122 e. The lowest BCUT2D eigenvalue weighted by molar-refractivity contribution is 0.0345. The molecule has 0 radical (unpaired) electrons. The zero-order valence-corrected chi connectivity index (χ0v) is 12.9. The SMILES string of the molecule is CC(C)(O)CN1CCN(c2ccc(C(N)=S)nc2)CC1. The van der Waals surface area contributed by atoms with Gasteiger partial charge < -0.3 is 15.7 Å².